The van der Waals surface area contributed by atoms with Gasteiger partial charge in [0.05, 0.1) is 24.1 Å². The van der Waals surface area contributed by atoms with Gasteiger partial charge in [0.1, 0.15) is 11.6 Å². The SMILES string of the molecule is CP1(=O)CCN(C(=O)c2cccc(-c3cnc4c(n3)N(Cc3c(F)ccc(F)c3Cl)CCN4)c2)CC1. The number of anilines is 2. The fourth-order valence-corrected chi connectivity index (χ4v) is 6.19. The van der Waals surface area contributed by atoms with Gasteiger partial charge >= 0.3 is 0 Å². The van der Waals surface area contributed by atoms with Crippen LogP contribution in [0.4, 0.5) is 20.4 Å². The van der Waals surface area contributed by atoms with E-state index in [1.54, 1.807) is 40.9 Å². The number of carbonyl (C=O) groups excluding carboxylic acids is 1. The number of hydrogen-bond donors (Lipinski definition) is 1. The Labute approximate surface area is 212 Å². The molecule has 188 valence electrons. The summed E-state index contributed by atoms with van der Waals surface area (Å²) in [6, 6.07) is 9.21. The lowest BCUT2D eigenvalue weighted by molar-refractivity contribution is 0.0769. The molecule has 3 heterocycles. The van der Waals surface area contributed by atoms with Crippen molar-refractivity contribution in [1.29, 1.82) is 0 Å². The molecule has 0 saturated carbocycles. The maximum absolute atomic E-state index is 14.4. The van der Waals surface area contributed by atoms with Crippen LogP contribution in [0.25, 0.3) is 11.3 Å². The van der Waals surface area contributed by atoms with Crippen LogP contribution >= 0.6 is 18.7 Å². The molecule has 1 aromatic heterocycles. The first-order chi connectivity index (χ1) is 17.2. The number of amides is 1. The summed E-state index contributed by atoms with van der Waals surface area (Å²) in [4.78, 5) is 25.9. The Balaban J connectivity index is 1.42. The van der Waals surface area contributed by atoms with Crippen LogP contribution in [0, 0.1) is 11.6 Å². The van der Waals surface area contributed by atoms with Crippen molar-refractivity contribution < 1.29 is 18.1 Å². The van der Waals surface area contributed by atoms with Gasteiger partial charge in [0.15, 0.2) is 11.6 Å². The largest absolute Gasteiger partial charge is 0.365 e. The van der Waals surface area contributed by atoms with Gasteiger partial charge in [0, 0.05) is 61.7 Å². The van der Waals surface area contributed by atoms with Crippen molar-refractivity contribution in [2.75, 3.05) is 55.4 Å². The van der Waals surface area contributed by atoms with E-state index in [1.807, 2.05) is 6.07 Å². The first kappa shape index (κ1) is 24.7. The van der Waals surface area contributed by atoms with Gasteiger partial charge in [-0.05, 0) is 30.9 Å². The number of benzene rings is 2. The molecule has 0 atom stereocenters. The predicted molar refractivity (Wildman–Crippen MR) is 138 cm³/mol. The summed E-state index contributed by atoms with van der Waals surface area (Å²) < 4.78 is 40.7. The number of rotatable bonds is 4. The van der Waals surface area contributed by atoms with E-state index in [9.17, 15) is 18.1 Å². The van der Waals surface area contributed by atoms with Crippen molar-refractivity contribution in [1.82, 2.24) is 14.9 Å². The lowest BCUT2D eigenvalue weighted by atomic mass is 10.1. The van der Waals surface area contributed by atoms with Crippen molar-refractivity contribution in [3.63, 3.8) is 0 Å². The number of nitrogens with one attached hydrogen (secondary N) is 1. The summed E-state index contributed by atoms with van der Waals surface area (Å²) >= 11 is 6.05. The molecule has 2 aliphatic rings. The highest BCUT2D eigenvalue weighted by atomic mass is 35.5. The number of fused-ring (bicyclic) bond motifs is 1. The van der Waals surface area contributed by atoms with Crippen LogP contribution in [0.15, 0.2) is 42.6 Å². The highest BCUT2D eigenvalue weighted by Gasteiger charge is 2.28. The van der Waals surface area contributed by atoms with Crippen LogP contribution in [-0.2, 0) is 11.1 Å². The van der Waals surface area contributed by atoms with Crippen LogP contribution in [0.3, 0.4) is 0 Å². The molecule has 1 saturated heterocycles. The lowest BCUT2D eigenvalue weighted by Crippen LogP contribution is -2.39. The minimum absolute atomic E-state index is 0.0318. The molecule has 2 aromatic carbocycles. The van der Waals surface area contributed by atoms with Gasteiger partial charge in [-0.25, -0.2) is 18.7 Å². The maximum Gasteiger partial charge on any atom is 0.253 e. The zero-order valence-electron chi connectivity index (χ0n) is 19.7. The minimum atomic E-state index is -2.14. The van der Waals surface area contributed by atoms with Crippen molar-refractivity contribution in [3.8, 4) is 11.3 Å². The Hall–Kier alpha value is -3.03. The summed E-state index contributed by atoms with van der Waals surface area (Å²) in [5.41, 5.74) is 1.82. The monoisotopic (exact) mass is 531 g/mol. The van der Waals surface area contributed by atoms with E-state index in [-0.39, 0.29) is 23.0 Å². The van der Waals surface area contributed by atoms with Crippen molar-refractivity contribution in [2.24, 2.45) is 0 Å². The molecule has 1 N–H and O–H groups in total. The van der Waals surface area contributed by atoms with Crippen molar-refractivity contribution >= 4 is 36.3 Å². The summed E-state index contributed by atoms with van der Waals surface area (Å²) in [7, 11) is -2.14. The molecule has 0 aliphatic carbocycles. The molecule has 2 aliphatic heterocycles. The topological polar surface area (TPSA) is 78.4 Å². The smallest absolute Gasteiger partial charge is 0.253 e. The fourth-order valence-electron chi connectivity index (χ4n) is 4.42. The first-order valence-electron chi connectivity index (χ1n) is 11.7. The van der Waals surface area contributed by atoms with E-state index in [2.05, 4.69) is 10.3 Å². The molecule has 0 bridgehead atoms. The van der Waals surface area contributed by atoms with Gasteiger partial charge in [-0.2, -0.15) is 0 Å². The van der Waals surface area contributed by atoms with Gasteiger partial charge in [-0.15, -0.1) is 0 Å². The van der Waals surface area contributed by atoms with E-state index in [0.29, 0.717) is 67.0 Å². The summed E-state index contributed by atoms with van der Waals surface area (Å²) in [5, 5.41) is 2.93. The molecular formula is C25H25ClF2N5O2P. The first-order valence-corrected chi connectivity index (χ1v) is 14.6. The second-order valence-corrected chi connectivity index (χ2v) is 13.1. The van der Waals surface area contributed by atoms with Crippen LogP contribution in [0.1, 0.15) is 15.9 Å². The summed E-state index contributed by atoms with van der Waals surface area (Å²) in [5.74, 6) is -0.358. The third-order valence-corrected chi connectivity index (χ3v) is 9.29. The normalized spacial score (nSPS) is 16.9. The zero-order valence-corrected chi connectivity index (χ0v) is 21.3. The van der Waals surface area contributed by atoms with Crippen LogP contribution in [0.2, 0.25) is 5.02 Å². The number of hydrogen-bond acceptors (Lipinski definition) is 6. The average Bonchev–Trinajstić information content (AvgIpc) is 2.88. The Bertz CT molecular complexity index is 1380. The molecule has 36 heavy (non-hydrogen) atoms. The van der Waals surface area contributed by atoms with Crippen LogP contribution in [0.5, 0.6) is 0 Å². The molecule has 0 spiro atoms. The molecule has 1 fully saturated rings. The Morgan fingerprint density at radius 1 is 1.14 bits per heavy atom. The molecule has 1 amide bonds. The molecule has 11 heteroatoms. The molecule has 0 radical (unpaired) electrons. The Morgan fingerprint density at radius 2 is 1.89 bits per heavy atom. The molecular weight excluding hydrogens is 507 g/mol. The number of carbonyl (C=O) groups is 1. The second kappa shape index (κ2) is 9.79. The highest BCUT2D eigenvalue weighted by molar-refractivity contribution is 7.63. The molecule has 3 aromatic rings. The Kier molecular flexibility index (Phi) is 6.70. The van der Waals surface area contributed by atoms with Gasteiger partial charge < -0.3 is 19.7 Å². The van der Waals surface area contributed by atoms with E-state index >= 15 is 0 Å². The zero-order chi connectivity index (χ0) is 25.4. The van der Waals surface area contributed by atoms with E-state index in [0.717, 1.165) is 12.1 Å². The minimum Gasteiger partial charge on any atom is -0.365 e. The van der Waals surface area contributed by atoms with Crippen molar-refractivity contribution in [3.05, 3.63) is 70.4 Å². The molecule has 0 unspecified atom stereocenters. The standard InChI is InChI=1S/C25H25ClF2N5O2P/c1-36(35)11-9-32(10-12-36)25(34)17-4-2-3-16(13-17)21-14-30-23-24(31-21)33(8-7-29-23)15-18-19(27)5-6-20(28)22(18)26/h2-6,13-14H,7-12,15H2,1H3,(H,29,30). The lowest BCUT2D eigenvalue weighted by Gasteiger charge is -2.31. The predicted octanol–water partition coefficient (Wildman–Crippen LogP) is 4.96. The van der Waals surface area contributed by atoms with E-state index in [1.165, 1.54) is 0 Å². The molecule has 7 nitrogen and oxygen atoms in total. The van der Waals surface area contributed by atoms with Gasteiger partial charge in [0.25, 0.3) is 5.91 Å². The van der Waals surface area contributed by atoms with Crippen molar-refractivity contribution in [2.45, 2.75) is 6.54 Å². The van der Waals surface area contributed by atoms with Gasteiger partial charge in [0.2, 0.25) is 0 Å². The number of nitrogens with zero attached hydrogens (tertiary/aromatic N) is 4. The molecule has 5 rings (SSSR count). The van der Waals surface area contributed by atoms with E-state index < -0.39 is 18.8 Å². The highest BCUT2D eigenvalue weighted by Crippen LogP contribution is 2.43. The third kappa shape index (κ3) is 4.95. The van der Waals surface area contributed by atoms with E-state index in [4.69, 9.17) is 16.6 Å². The van der Waals surface area contributed by atoms with Crippen LogP contribution in [-0.4, -0.2) is 65.9 Å². The third-order valence-electron chi connectivity index (χ3n) is 6.59. The Morgan fingerprint density at radius 3 is 2.67 bits per heavy atom. The summed E-state index contributed by atoms with van der Waals surface area (Å²) in [6.45, 7) is 3.83. The number of halogens is 3. The number of aromatic nitrogens is 2. The second-order valence-electron chi connectivity index (χ2n) is 9.21. The maximum atomic E-state index is 14.4. The van der Waals surface area contributed by atoms with Gasteiger partial charge in [-0.1, -0.05) is 23.7 Å². The quantitative estimate of drug-likeness (QED) is 0.379. The fraction of sp³-hybridized carbons (Fsp3) is 0.320. The average molecular weight is 532 g/mol. The summed E-state index contributed by atoms with van der Waals surface area (Å²) in [6.07, 6.45) is 2.68. The van der Waals surface area contributed by atoms with Crippen LogP contribution < -0.4 is 10.2 Å². The van der Waals surface area contributed by atoms with Gasteiger partial charge in [-0.3, -0.25) is 4.79 Å².